The second-order valence-electron chi connectivity index (χ2n) is 6.16. The Morgan fingerprint density at radius 3 is 1.50 bits per heavy atom. The molecule has 0 aliphatic carbocycles. The van der Waals surface area contributed by atoms with Crippen molar-refractivity contribution in [1.29, 1.82) is 0 Å². The maximum absolute atomic E-state index is 12.8. The molecule has 0 N–H and O–H groups in total. The summed E-state index contributed by atoms with van der Waals surface area (Å²) in [6, 6.07) is 0.338. The number of rotatable bonds is 6. The molecule has 0 aromatic carbocycles. The molecule has 2 rings (SSSR count). The average Bonchev–Trinajstić information content (AvgIpc) is 3.12. The highest BCUT2D eigenvalue weighted by Gasteiger charge is 2.30. The van der Waals surface area contributed by atoms with Crippen LogP contribution in [0.3, 0.4) is 0 Å². The van der Waals surface area contributed by atoms with E-state index in [1.165, 1.54) is 12.7 Å². The Morgan fingerprint density at radius 1 is 0.818 bits per heavy atom. The van der Waals surface area contributed by atoms with E-state index in [1.807, 2.05) is 41.5 Å². The first-order valence-corrected chi connectivity index (χ1v) is 7.67. The second kappa shape index (κ2) is 6.37. The third-order valence-electron chi connectivity index (χ3n) is 3.81. The van der Waals surface area contributed by atoms with Crippen molar-refractivity contribution in [2.75, 3.05) is 0 Å². The molecule has 0 bridgehead atoms. The molecule has 7 heteroatoms. The van der Waals surface area contributed by atoms with Gasteiger partial charge in [0.05, 0.1) is 11.8 Å². The summed E-state index contributed by atoms with van der Waals surface area (Å²) in [5.74, 6) is 0.796. The largest absolute Gasteiger partial charge is 0.298 e. The third kappa shape index (κ3) is 2.93. The van der Waals surface area contributed by atoms with Crippen molar-refractivity contribution in [1.82, 2.24) is 29.5 Å². The van der Waals surface area contributed by atoms with Crippen LogP contribution in [-0.4, -0.2) is 35.3 Å². The lowest BCUT2D eigenvalue weighted by Crippen LogP contribution is -2.24. The smallest absolute Gasteiger partial charge is 0.153 e. The predicted octanol–water partition coefficient (Wildman–Crippen LogP) is 2.51. The molecule has 22 heavy (non-hydrogen) atoms. The van der Waals surface area contributed by atoms with E-state index in [9.17, 15) is 4.79 Å². The first-order chi connectivity index (χ1) is 10.3. The van der Waals surface area contributed by atoms with Gasteiger partial charge in [0.2, 0.25) is 0 Å². The van der Waals surface area contributed by atoms with Crippen molar-refractivity contribution >= 4 is 5.78 Å². The SMILES string of the molecule is CC(C(=O)C(C)c1ncnn1C(C)C)c1ncnn1C(C)C. The van der Waals surface area contributed by atoms with E-state index >= 15 is 0 Å². The van der Waals surface area contributed by atoms with E-state index in [0.29, 0.717) is 11.6 Å². The predicted molar refractivity (Wildman–Crippen MR) is 82.7 cm³/mol. The van der Waals surface area contributed by atoms with Gasteiger partial charge in [-0.05, 0) is 41.5 Å². The van der Waals surface area contributed by atoms with Crippen molar-refractivity contribution in [2.24, 2.45) is 0 Å². The van der Waals surface area contributed by atoms with Gasteiger partial charge in [-0.15, -0.1) is 0 Å². The Bertz CT molecular complexity index is 588. The molecule has 2 heterocycles. The minimum absolute atomic E-state index is 0.0739. The van der Waals surface area contributed by atoms with Gasteiger partial charge >= 0.3 is 0 Å². The van der Waals surface area contributed by atoms with Gasteiger partial charge in [0.1, 0.15) is 24.3 Å². The van der Waals surface area contributed by atoms with Gasteiger partial charge in [0.15, 0.2) is 5.78 Å². The molecule has 0 fully saturated rings. The number of Topliss-reactive ketones (excluding diaryl/α,β-unsaturated/α-hetero) is 1. The van der Waals surface area contributed by atoms with Crippen LogP contribution in [0, 0.1) is 0 Å². The number of hydrogen-bond acceptors (Lipinski definition) is 5. The Kier molecular flexibility index (Phi) is 4.73. The third-order valence-corrected chi connectivity index (χ3v) is 3.81. The van der Waals surface area contributed by atoms with Crippen molar-refractivity contribution in [3.05, 3.63) is 24.3 Å². The number of ketones is 1. The molecule has 0 saturated heterocycles. The number of carbonyl (C=O) groups is 1. The zero-order valence-corrected chi connectivity index (χ0v) is 14.1. The van der Waals surface area contributed by atoms with E-state index in [4.69, 9.17) is 0 Å². The van der Waals surface area contributed by atoms with Gasteiger partial charge in [-0.3, -0.25) is 4.79 Å². The van der Waals surface area contributed by atoms with Crippen LogP contribution in [0.25, 0.3) is 0 Å². The molecule has 2 aromatic rings. The zero-order valence-electron chi connectivity index (χ0n) is 14.1. The van der Waals surface area contributed by atoms with Crippen LogP contribution < -0.4 is 0 Å². The van der Waals surface area contributed by atoms with Crippen LogP contribution in [0.4, 0.5) is 0 Å². The van der Waals surface area contributed by atoms with Crippen LogP contribution in [0.5, 0.6) is 0 Å². The number of carbonyl (C=O) groups excluding carboxylic acids is 1. The van der Waals surface area contributed by atoms with Crippen molar-refractivity contribution in [3.8, 4) is 0 Å². The fourth-order valence-electron chi connectivity index (χ4n) is 2.56. The molecule has 0 aliphatic rings. The van der Waals surface area contributed by atoms with Crippen LogP contribution >= 0.6 is 0 Å². The maximum Gasteiger partial charge on any atom is 0.153 e. The van der Waals surface area contributed by atoms with Gasteiger partial charge < -0.3 is 0 Å². The zero-order chi connectivity index (χ0) is 16.4. The fourth-order valence-corrected chi connectivity index (χ4v) is 2.56. The minimum Gasteiger partial charge on any atom is -0.298 e. The summed E-state index contributed by atoms with van der Waals surface area (Å²) < 4.78 is 3.59. The average molecular weight is 304 g/mol. The van der Waals surface area contributed by atoms with E-state index in [-0.39, 0.29) is 29.7 Å². The quantitative estimate of drug-likeness (QED) is 0.819. The summed E-state index contributed by atoms with van der Waals surface area (Å²) in [4.78, 5) is 21.4. The Morgan fingerprint density at radius 2 is 1.18 bits per heavy atom. The van der Waals surface area contributed by atoms with Crippen molar-refractivity contribution in [2.45, 2.75) is 65.5 Å². The first kappa shape index (κ1) is 16.3. The highest BCUT2D eigenvalue weighted by atomic mass is 16.1. The minimum atomic E-state index is -0.336. The van der Waals surface area contributed by atoms with E-state index in [0.717, 1.165) is 0 Å². The Hall–Kier alpha value is -2.05. The molecular weight excluding hydrogens is 280 g/mol. The van der Waals surface area contributed by atoms with Crippen molar-refractivity contribution < 1.29 is 4.79 Å². The summed E-state index contributed by atoms with van der Waals surface area (Å²) in [6.45, 7) is 11.8. The maximum atomic E-state index is 12.8. The number of hydrogen-bond donors (Lipinski definition) is 0. The van der Waals surface area contributed by atoms with Crippen molar-refractivity contribution in [3.63, 3.8) is 0 Å². The molecule has 2 aromatic heterocycles. The molecule has 0 radical (unpaired) electrons. The summed E-state index contributed by atoms with van der Waals surface area (Å²) in [5.41, 5.74) is 0. The summed E-state index contributed by atoms with van der Waals surface area (Å²) in [6.07, 6.45) is 3.00. The lowest BCUT2D eigenvalue weighted by Gasteiger charge is -2.19. The number of aromatic nitrogens is 6. The Labute approximate surface area is 130 Å². The molecule has 120 valence electrons. The molecule has 0 saturated carbocycles. The summed E-state index contributed by atoms with van der Waals surface area (Å²) >= 11 is 0. The molecule has 2 unspecified atom stereocenters. The van der Waals surface area contributed by atoms with E-state index in [1.54, 1.807) is 9.36 Å². The van der Waals surface area contributed by atoms with Crippen LogP contribution in [0.2, 0.25) is 0 Å². The lowest BCUT2D eigenvalue weighted by atomic mass is 9.93. The molecule has 0 aliphatic heterocycles. The Balaban J connectivity index is 2.27. The van der Waals surface area contributed by atoms with Crippen LogP contribution in [-0.2, 0) is 4.79 Å². The summed E-state index contributed by atoms with van der Waals surface area (Å²) in [5, 5.41) is 8.41. The van der Waals surface area contributed by atoms with Crippen LogP contribution in [0.15, 0.2) is 12.7 Å². The van der Waals surface area contributed by atoms with Gasteiger partial charge in [0, 0.05) is 12.1 Å². The number of nitrogens with zero attached hydrogens (tertiary/aromatic N) is 6. The van der Waals surface area contributed by atoms with E-state index in [2.05, 4.69) is 20.2 Å². The van der Waals surface area contributed by atoms with Crippen LogP contribution in [0.1, 0.15) is 77.1 Å². The molecule has 0 spiro atoms. The summed E-state index contributed by atoms with van der Waals surface area (Å²) in [7, 11) is 0. The topological polar surface area (TPSA) is 78.5 Å². The molecule has 7 nitrogen and oxygen atoms in total. The highest BCUT2D eigenvalue weighted by molar-refractivity contribution is 5.89. The molecule has 2 atom stereocenters. The molecular formula is C15H24N6O. The van der Waals surface area contributed by atoms with E-state index < -0.39 is 0 Å². The monoisotopic (exact) mass is 304 g/mol. The van der Waals surface area contributed by atoms with Gasteiger partial charge in [-0.25, -0.2) is 19.3 Å². The molecule has 0 amide bonds. The standard InChI is InChI=1S/C15H24N6O/c1-9(2)20-14(16-7-18-20)11(5)13(22)12(6)15-17-8-19-21(15)10(3)4/h7-12H,1-6H3. The fraction of sp³-hybridized carbons (Fsp3) is 0.667. The second-order valence-corrected chi connectivity index (χ2v) is 6.16. The highest BCUT2D eigenvalue weighted by Crippen LogP contribution is 2.26. The lowest BCUT2D eigenvalue weighted by molar-refractivity contribution is -0.121. The first-order valence-electron chi connectivity index (χ1n) is 7.67. The normalized spacial score (nSPS) is 14.5. The van der Waals surface area contributed by atoms with Gasteiger partial charge in [0.25, 0.3) is 0 Å². The van der Waals surface area contributed by atoms with Gasteiger partial charge in [-0.2, -0.15) is 10.2 Å². The van der Waals surface area contributed by atoms with Gasteiger partial charge in [-0.1, -0.05) is 0 Å².